The second kappa shape index (κ2) is 5.73. The van der Waals surface area contributed by atoms with Crippen molar-refractivity contribution >= 4 is 42.2 Å². The van der Waals surface area contributed by atoms with Crippen LogP contribution in [-0.4, -0.2) is 33.2 Å². The summed E-state index contributed by atoms with van der Waals surface area (Å²) in [6.45, 7) is -1.99. The summed E-state index contributed by atoms with van der Waals surface area (Å²) in [6.07, 6.45) is 0. The fourth-order valence-electron chi connectivity index (χ4n) is 2.15. The Morgan fingerprint density at radius 1 is 1.00 bits per heavy atom. The Balaban J connectivity index is 1.96. The summed E-state index contributed by atoms with van der Waals surface area (Å²) in [6, 6.07) is 10.6. The van der Waals surface area contributed by atoms with E-state index in [-0.39, 0.29) is 5.58 Å². The third-order valence-corrected chi connectivity index (χ3v) is 5.58. The molecule has 2 N–H and O–H groups in total. The van der Waals surface area contributed by atoms with Crippen molar-refractivity contribution < 1.29 is 38.8 Å². The van der Waals surface area contributed by atoms with E-state index in [0.29, 0.717) is 11.0 Å². The zero-order valence-electron chi connectivity index (χ0n) is 12.3. The first-order valence-electron chi connectivity index (χ1n) is 6.69. The molecular formula is C14H11F2O7S2+. The van der Waals surface area contributed by atoms with E-state index in [1.165, 1.54) is 6.07 Å². The molecule has 3 aromatic rings. The molecule has 0 amide bonds. The normalized spacial score (nSPS) is 13.6. The van der Waals surface area contributed by atoms with Gasteiger partial charge in [-0.3, -0.25) is 4.18 Å². The smallest absolute Gasteiger partial charge is 0.447 e. The van der Waals surface area contributed by atoms with E-state index in [0.717, 1.165) is 17.5 Å². The number of hydrogen-bond donors (Lipinski definition) is 0. The Kier molecular flexibility index (Phi) is 4.06. The first-order chi connectivity index (χ1) is 11.5. The van der Waals surface area contributed by atoms with Crippen molar-refractivity contribution in [2.75, 3.05) is 6.61 Å². The van der Waals surface area contributed by atoms with Gasteiger partial charge in [-0.05, 0) is 18.2 Å². The highest BCUT2D eigenvalue weighted by Gasteiger charge is 2.50. The van der Waals surface area contributed by atoms with Crippen LogP contribution in [0, 0.1) is 0 Å². The lowest BCUT2D eigenvalue weighted by molar-refractivity contribution is 0.0312. The van der Waals surface area contributed by atoms with E-state index in [2.05, 4.69) is 4.18 Å². The summed E-state index contributed by atoms with van der Waals surface area (Å²) in [7, 11) is -10.2. The van der Waals surface area contributed by atoms with E-state index in [9.17, 15) is 25.6 Å². The molecular weight excluding hydrogens is 382 g/mol. The Morgan fingerprint density at radius 2 is 1.64 bits per heavy atom. The molecule has 0 aliphatic rings. The lowest BCUT2D eigenvalue weighted by Crippen LogP contribution is -2.34. The van der Waals surface area contributed by atoms with Gasteiger partial charge in [0.05, 0.1) is 4.90 Å². The number of halogens is 2. The molecule has 0 unspecified atom stereocenters. The van der Waals surface area contributed by atoms with Crippen molar-refractivity contribution in [1.82, 2.24) is 0 Å². The zero-order valence-corrected chi connectivity index (χ0v) is 13.9. The van der Waals surface area contributed by atoms with Gasteiger partial charge in [0.25, 0.3) is 10.1 Å². The van der Waals surface area contributed by atoms with Gasteiger partial charge in [-0.25, -0.2) is 0 Å². The summed E-state index contributed by atoms with van der Waals surface area (Å²) in [4.78, 5) is -0.475. The molecule has 0 atom stereocenters. The van der Waals surface area contributed by atoms with Gasteiger partial charge < -0.3 is 8.97 Å². The number of rotatable bonds is 5. The lowest BCUT2D eigenvalue weighted by atomic mass is 10.2. The highest BCUT2D eigenvalue weighted by Crippen LogP contribution is 2.31. The molecule has 3 rings (SSSR count). The van der Waals surface area contributed by atoms with E-state index in [1.54, 1.807) is 24.3 Å². The summed E-state index contributed by atoms with van der Waals surface area (Å²) in [5.74, 6) is 0. The standard InChI is InChI=1S/C14H10F2O7S2/c15-14(16,25(19,20)21)8-22-24(17,18)9-5-6-11-10-3-1-2-4-12(10)23-13(11)7-9/h1-7H,8H2,(H,19,20,21)/p+1. The number of benzene rings is 2. The van der Waals surface area contributed by atoms with Crippen molar-refractivity contribution in [1.29, 1.82) is 0 Å². The van der Waals surface area contributed by atoms with Crippen LogP contribution < -0.4 is 0 Å². The van der Waals surface area contributed by atoms with Gasteiger partial charge >= 0.3 is 15.4 Å². The topological polar surface area (TPSA) is 114 Å². The quantitative estimate of drug-likeness (QED) is 0.483. The van der Waals surface area contributed by atoms with E-state index in [1.807, 2.05) is 0 Å². The summed E-state index contributed by atoms with van der Waals surface area (Å²) in [5, 5.41) is -3.29. The van der Waals surface area contributed by atoms with Crippen molar-refractivity contribution in [2.24, 2.45) is 0 Å². The van der Waals surface area contributed by atoms with E-state index >= 15 is 0 Å². The molecule has 7 nitrogen and oxygen atoms in total. The third kappa shape index (κ3) is 3.23. The minimum absolute atomic E-state index is 0.200. The Labute approximate surface area is 140 Å². The largest absolute Gasteiger partial charge is 0.456 e. The molecule has 1 aromatic heterocycles. The Bertz CT molecular complexity index is 1160. The molecule has 1 heterocycles. The highest BCUT2D eigenvalue weighted by atomic mass is 32.2. The van der Waals surface area contributed by atoms with Crippen molar-refractivity contribution in [3.63, 3.8) is 0 Å². The highest BCUT2D eigenvalue weighted by molar-refractivity contribution is 7.87. The molecule has 0 bridgehead atoms. The minimum Gasteiger partial charge on any atom is -0.456 e. The van der Waals surface area contributed by atoms with Gasteiger partial charge in [0.15, 0.2) is 6.61 Å². The van der Waals surface area contributed by atoms with Crippen LogP contribution in [0.1, 0.15) is 0 Å². The van der Waals surface area contributed by atoms with Crippen LogP contribution >= 0.6 is 0 Å². The molecule has 0 fully saturated rings. The second-order valence-corrected chi connectivity index (χ2v) is 8.33. The number of alkyl halides is 2. The SMILES string of the molecule is O=S(=O)(OCC(F)(F)S(=O)(=O)[OH2+])c1ccc2c(c1)oc1ccccc12. The van der Waals surface area contributed by atoms with Crippen LogP contribution in [0.15, 0.2) is 51.8 Å². The van der Waals surface area contributed by atoms with E-state index in [4.69, 9.17) is 8.97 Å². The number of hydrogen-bond acceptors (Lipinski definition) is 6. The van der Waals surface area contributed by atoms with E-state index < -0.39 is 37.0 Å². The summed E-state index contributed by atoms with van der Waals surface area (Å²) >= 11 is 0. The first kappa shape index (κ1) is 17.7. The van der Waals surface area contributed by atoms with Crippen LogP contribution in [0.4, 0.5) is 8.78 Å². The monoisotopic (exact) mass is 393 g/mol. The number of fused-ring (bicyclic) bond motifs is 3. The molecule has 2 aromatic carbocycles. The van der Waals surface area contributed by atoms with Crippen LogP contribution in [0.25, 0.3) is 21.9 Å². The van der Waals surface area contributed by atoms with Gasteiger partial charge in [0.2, 0.25) is 0 Å². The van der Waals surface area contributed by atoms with Crippen LogP contribution in [0.2, 0.25) is 0 Å². The Hall–Kier alpha value is -2.08. The average molecular weight is 393 g/mol. The maximum absolute atomic E-state index is 13.2. The minimum atomic E-state index is -5.55. The summed E-state index contributed by atoms with van der Waals surface area (Å²) in [5.41, 5.74) is 0.713. The zero-order chi connectivity index (χ0) is 18.5. The predicted molar refractivity (Wildman–Crippen MR) is 84.3 cm³/mol. The fraction of sp³-hybridized carbons (Fsp3) is 0.143. The van der Waals surface area contributed by atoms with Crippen molar-refractivity contribution in [2.45, 2.75) is 10.2 Å². The Morgan fingerprint density at radius 3 is 2.32 bits per heavy atom. The molecule has 0 spiro atoms. The fourth-order valence-corrected chi connectivity index (χ4v) is 3.37. The average Bonchev–Trinajstić information content (AvgIpc) is 2.90. The lowest BCUT2D eigenvalue weighted by Gasteiger charge is -2.10. The van der Waals surface area contributed by atoms with Crippen LogP contribution in [0.3, 0.4) is 0 Å². The van der Waals surface area contributed by atoms with Gasteiger partial charge in [0, 0.05) is 16.8 Å². The van der Waals surface area contributed by atoms with Crippen LogP contribution in [0.5, 0.6) is 0 Å². The molecule has 0 saturated heterocycles. The third-order valence-electron chi connectivity index (χ3n) is 3.41. The maximum atomic E-state index is 13.2. The molecule has 0 saturated carbocycles. The molecule has 25 heavy (non-hydrogen) atoms. The molecule has 0 radical (unpaired) electrons. The van der Waals surface area contributed by atoms with Crippen LogP contribution in [-0.2, 0) is 24.4 Å². The summed E-state index contributed by atoms with van der Waals surface area (Å²) < 4.78 is 87.6. The van der Waals surface area contributed by atoms with Gasteiger partial charge in [0.1, 0.15) is 11.2 Å². The van der Waals surface area contributed by atoms with Crippen molar-refractivity contribution in [3.8, 4) is 0 Å². The molecule has 0 aliphatic heterocycles. The first-order valence-corrected chi connectivity index (χ1v) is 9.58. The molecule has 134 valence electrons. The van der Waals surface area contributed by atoms with Gasteiger partial charge in [-0.1, -0.05) is 18.2 Å². The van der Waals surface area contributed by atoms with Gasteiger partial charge in [-0.15, -0.1) is 8.42 Å². The molecule has 11 heteroatoms. The second-order valence-electron chi connectivity index (χ2n) is 5.11. The molecule has 0 aliphatic carbocycles. The van der Waals surface area contributed by atoms with Gasteiger partial charge in [-0.2, -0.15) is 17.2 Å². The maximum Gasteiger partial charge on any atom is 0.447 e. The number of para-hydroxylation sites is 1. The van der Waals surface area contributed by atoms with Crippen molar-refractivity contribution in [3.05, 3.63) is 42.5 Å². The number of furan rings is 1. The predicted octanol–water partition coefficient (Wildman–Crippen LogP) is 1.94.